The monoisotopic (exact) mass is 441 g/mol. The van der Waals surface area contributed by atoms with E-state index in [9.17, 15) is 4.79 Å². The van der Waals surface area contributed by atoms with Crippen molar-refractivity contribution in [1.82, 2.24) is 14.8 Å². The van der Waals surface area contributed by atoms with Crippen LogP contribution in [0.5, 0.6) is 11.5 Å². The van der Waals surface area contributed by atoms with Crippen molar-refractivity contribution in [2.75, 3.05) is 13.7 Å². The highest BCUT2D eigenvalue weighted by Crippen LogP contribution is 2.29. The number of esters is 1. The van der Waals surface area contributed by atoms with E-state index < -0.39 is 0 Å². The first kappa shape index (κ1) is 22.7. The van der Waals surface area contributed by atoms with E-state index in [0.29, 0.717) is 24.0 Å². The lowest BCUT2D eigenvalue weighted by atomic mass is 10.2. The van der Waals surface area contributed by atoms with Crippen LogP contribution in [-0.4, -0.2) is 39.7 Å². The maximum atomic E-state index is 12.3. The van der Waals surface area contributed by atoms with E-state index >= 15 is 0 Å². The second kappa shape index (κ2) is 10.9. The van der Waals surface area contributed by atoms with Crippen LogP contribution >= 0.6 is 11.8 Å². The quantitative estimate of drug-likeness (QED) is 0.336. The molecule has 2 aromatic carbocycles. The number of benzene rings is 2. The lowest BCUT2D eigenvalue weighted by Gasteiger charge is -2.15. The van der Waals surface area contributed by atoms with Gasteiger partial charge in [-0.1, -0.05) is 30.8 Å². The summed E-state index contributed by atoms with van der Waals surface area (Å²) in [7, 11) is 1.63. The molecule has 3 rings (SSSR count). The van der Waals surface area contributed by atoms with Crippen LogP contribution in [0.15, 0.2) is 53.7 Å². The van der Waals surface area contributed by atoms with Gasteiger partial charge in [-0.05, 0) is 62.2 Å². The van der Waals surface area contributed by atoms with Crippen LogP contribution in [-0.2, 0) is 16.1 Å². The van der Waals surface area contributed by atoms with Crippen molar-refractivity contribution in [3.63, 3.8) is 0 Å². The second-order valence-electron chi connectivity index (χ2n) is 6.80. The third-order valence-electron chi connectivity index (χ3n) is 4.56. The predicted molar refractivity (Wildman–Crippen MR) is 120 cm³/mol. The van der Waals surface area contributed by atoms with E-state index in [4.69, 9.17) is 14.2 Å². The maximum Gasteiger partial charge on any atom is 0.319 e. The van der Waals surface area contributed by atoms with Crippen molar-refractivity contribution >= 4 is 17.7 Å². The molecule has 1 heterocycles. The molecule has 1 atom stereocenters. The first-order valence-corrected chi connectivity index (χ1v) is 11.0. The molecule has 0 aliphatic carbocycles. The number of hydrogen-bond donors (Lipinski definition) is 0. The number of ether oxygens (including phenoxy) is 3. The van der Waals surface area contributed by atoms with E-state index in [1.54, 1.807) is 14.0 Å². The van der Waals surface area contributed by atoms with Gasteiger partial charge in [0.05, 0.1) is 13.7 Å². The Morgan fingerprint density at radius 1 is 1.10 bits per heavy atom. The van der Waals surface area contributed by atoms with Gasteiger partial charge in [0.25, 0.3) is 0 Å². The zero-order chi connectivity index (χ0) is 22.2. The summed E-state index contributed by atoms with van der Waals surface area (Å²) < 4.78 is 18.3. The van der Waals surface area contributed by atoms with E-state index in [1.165, 1.54) is 11.8 Å². The fourth-order valence-electron chi connectivity index (χ4n) is 2.97. The normalized spacial score (nSPS) is 11.7. The van der Waals surface area contributed by atoms with Crippen LogP contribution < -0.4 is 9.47 Å². The Morgan fingerprint density at radius 3 is 2.52 bits per heavy atom. The van der Waals surface area contributed by atoms with E-state index in [0.717, 1.165) is 22.7 Å². The van der Waals surface area contributed by atoms with Gasteiger partial charge in [0.1, 0.15) is 23.4 Å². The standard InChI is InChI=1S/C23H27N3O4S/c1-5-20(22(27)29-6-2)31-23-25-24-21(15-30-19-9-7-8-16(3)14-19)26(23)17-10-12-18(28-4)13-11-17/h7-14,20H,5-6,15H2,1-4H3/t20-/m1/s1. The molecule has 0 aliphatic rings. The van der Waals surface area contributed by atoms with Crippen molar-refractivity contribution in [3.8, 4) is 17.2 Å². The van der Waals surface area contributed by atoms with Crippen LogP contribution in [0.2, 0.25) is 0 Å². The molecule has 0 N–H and O–H groups in total. The molecule has 31 heavy (non-hydrogen) atoms. The highest BCUT2D eigenvalue weighted by Gasteiger charge is 2.24. The third-order valence-corrected chi connectivity index (χ3v) is 5.84. The number of rotatable bonds is 10. The Kier molecular flexibility index (Phi) is 7.94. The average molecular weight is 442 g/mol. The minimum atomic E-state index is -0.369. The largest absolute Gasteiger partial charge is 0.497 e. The van der Waals surface area contributed by atoms with Gasteiger partial charge in [-0.2, -0.15) is 0 Å². The van der Waals surface area contributed by atoms with Gasteiger partial charge in [-0.3, -0.25) is 9.36 Å². The number of carbonyl (C=O) groups is 1. The third kappa shape index (κ3) is 5.79. The molecule has 0 unspecified atom stereocenters. The second-order valence-corrected chi connectivity index (χ2v) is 7.97. The van der Waals surface area contributed by atoms with Crippen LogP contribution in [0, 0.1) is 6.92 Å². The molecule has 8 heteroatoms. The predicted octanol–water partition coefficient (Wildman–Crippen LogP) is 4.60. The number of thioether (sulfide) groups is 1. The Balaban J connectivity index is 1.91. The van der Waals surface area contributed by atoms with E-state index in [2.05, 4.69) is 10.2 Å². The summed E-state index contributed by atoms with van der Waals surface area (Å²) in [5, 5.41) is 8.94. The Hall–Kier alpha value is -3.00. The number of methoxy groups -OCH3 is 1. The van der Waals surface area contributed by atoms with E-state index in [-0.39, 0.29) is 17.8 Å². The van der Waals surface area contributed by atoms with Crippen LogP contribution in [0.3, 0.4) is 0 Å². The number of aryl methyl sites for hydroxylation is 1. The van der Waals surface area contributed by atoms with Gasteiger partial charge in [-0.15, -0.1) is 10.2 Å². The Morgan fingerprint density at radius 2 is 1.87 bits per heavy atom. The molecular weight excluding hydrogens is 414 g/mol. The van der Waals surface area contributed by atoms with Crippen molar-refractivity contribution in [3.05, 3.63) is 59.9 Å². The minimum absolute atomic E-state index is 0.235. The fourth-order valence-corrected chi connectivity index (χ4v) is 3.96. The van der Waals surface area contributed by atoms with Crippen molar-refractivity contribution < 1.29 is 19.0 Å². The molecule has 0 bridgehead atoms. The first-order valence-electron chi connectivity index (χ1n) is 10.2. The average Bonchev–Trinajstić information content (AvgIpc) is 3.18. The lowest BCUT2D eigenvalue weighted by Crippen LogP contribution is -2.20. The number of nitrogens with zero attached hydrogens (tertiary/aromatic N) is 3. The van der Waals surface area contributed by atoms with Gasteiger partial charge in [0, 0.05) is 5.69 Å². The molecule has 3 aromatic rings. The SMILES string of the molecule is CCOC(=O)[C@@H](CC)Sc1nnc(COc2cccc(C)c2)n1-c1ccc(OC)cc1. The Labute approximate surface area is 186 Å². The number of hydrogen-bond acceptors (Lipinski definition) is 7. The highest BCUT2D eigenvalue weighted by molar-refractivity contribution is 8.00. The van der Waals surface area contributed by atoms with Gasteiger partial charge in [0.15, 0.2) is 11.0 Å². The summed E-state index contributed by atoms with van der Waals surface area (Å²) in [4.78, 5) is 12.3. The van der Waals surface area contributed by atoms with Gasteiger partial charge in [-0.25, -0.2) is 0 Å². The Bertz CT molecular complexity index is 1000. The number of aromatic nitrogens is 3. The van der Waals surface area contributed by atoms with Gasteiger partial charge < -0.3 is 14.2 Å². The summed E-state index contributed by atoms with van der Waals surface area (Å²) in [5.41, 5.74) is 1.97. The summed E-state index contributed by atoms with van der Waals surface area (Å²) in [6.45, 7) is 6.35. The molecule has 0 saturated heterocycles. The minimum Gasteiger partial charge on any atom is -0.497 e. The molecule has 0 fully saturated rings. The van der Waals surface area contributed by atoms with Crippen LogP contribution in [0.25, 0.3) is 5.69 Å². The topological polar surface area (TPSA) is 75.5 Å². The van der Waals surface area contributed by atoms with Crippen molar-refractivity contribution in [1.29, 1.82) is 0 Å². The maximum absolute atomic E-state index is 12.3. The summed E-state index contributed by atoms with van der Waals surface area (Å²) in [6.07, 6.45) is 0.619. The molecule has 0 aliphatic heterocycles. The fraction of sp³-hybridized carbons (Fsp3) is 0.348. The molecular formula is C23H27N3O4S. The molecule has 7 nitrogen and oxygen atoms in total. The molecule has 0 saturated carbocycles. The van der Waals surface area contributed by atoms with E-state index in [1.807, 2.05) is 66.9 Å². The van der Waals surface area contributed by atoms with Crippen LogP contribution in [0.1, 0.15) is 31.7 Å². The smallest absolute Gasteiger partial charge is 0.319 e. The number of carbonyl (C=O) groups excluding carboxylic acids is 1. The molecule has 0 spiro atoms. The molecule has 1 aromatic heterocycles. The lowest BCUT2D eigenvalue weighted by molar-refractivity contribution is -0.142. The zero-order valence-electron chi connectivity index (χ0n) is 18.2. The summed E-state index contributed by atoms with van der Waals surface area (Å²) >= 11 is 1.34. The zero-order valence-corrected chi connectivity index (χ0v) is 19.0. The summed E-state index contributed by atoms with van der Waals surface area (Å²) in [5.74, 6) is 1.89. The molecule has 164 valence electrons. The van der Waals surface area contributed by atoms with Crippen LogP contribution in [0.4, 0.5) is 0 Å². The first-order chi connectivity index (χ1) is 15.0. The van der Waals surface area contributed by atoms with Gasteiger partial charge in [0.2, 0.25) is 0 Å². The van der Waals surface area contributed by atoms with Crippen molar-refractivity contribution in [2.24, 2.45) is 0 Å². The van der Waals surface area contributed by atoms with Gasteiger partial charge >= 0.3 is 5.97 Å². The highest BCUT2D eigenvalue weighted by atomic mass is 32.2. The molecule has 0 radical (unpaired) electrons. The van der Waals surface area contributed by atoms with Crippen molar-refractivity contribution in [2.45, 2.75) is 44.2 Å². The molecule has 0 amide bonds. The summed E-state index contributed by atoms with van der Waals surface area (Å²) in [6, 6.07) is 15.4.